The Morgan fingerprint density at radius 1 is 1.16 bits per heavy atom. The predicted molar refractivity (Wildman–Crippen MR) is 135 cm³/mol. The van der Waals surface area contributed by atoms with Crippen molar-refractivity contribution in [2.45, 2.75) is 33.7 Å². The van der Waals surface area contributed by atoms with Gasteiger partial charge >= 0.3 is 0 Å². The van der Waals surface area contributed by atoms with E-state index in [9.17, 15) is 9.59 Å². The van der Waals surface area contributed by atoms with E-state index in [1.807, 2.05) is 33.8 Å². The molecule has 9 heteroatoms. The van der Waals surface area contributed by atoms with Crippen molar-refractivity contribution < 1.29 is 19.1 Å². The fourth-order valence-corrected chi connectivity index (χ4v) is 3.81. The van der Waals surface area contributed by atoms with Gasteiger partial charge in [0.1, 0.15) is 6.04 Å². The molecule has 2 N–H and O–H groups in total. The molecule has 0 aliphatic heterocycles. The van der Waals surface area contributed by atoms with Crippen LogP contribution in [-0.2, 0) is 4.79 Å². The van der Waals surface area contributed by atoms with Crippen molar-refractivity contribution >= 4 is 52.2 Å². The van der Waals surface area contributed by atoms with Gasteiger partial charge in [-0.3, -0.25) is 9.59 Å². The van der Waals surface area contributed by atoms with Crippen LogP contribution in [0.1, 0.15) is 43.6 Å². The lowest BCUT2D eigenvalue weighted by Crippen LogP contribution is -2.48. The van der Waals surface area contributed by atoms with Gasteiger partial charge in [0.2, 0.25) is 0 Å². The molecule has 0 saturated heterocycles. The van der Waals surface area contributed by atoms with Gasteiger partial charge in [-0.25, -0.2) is 5.43 Å². The molecule has 0 bridgehead atoms. The second-order valence-corrected chi connectivity index (χ2v) is 8.73. The van der Waals surface area contributed by atoms with Crippen molar-refractivity contribution in [1.82, 2.24) is 10.7 Å². The molecule has 32 heavy (non-hydrogen) atoms. The zero-order chi connectivity index (χ0) is 23.7. The number of nitrogens with zero attached hydrogens (tertiary/aromatic N) is 1. The molecule has 0 fully saturated rings. The highest BCUT2D eigenvalue weighted by atomic mass is 127. The number of hydrogen-bond donors (Lipinski definition) is 2. The number of carbonyl (C=O) groups is 2. The first-order valence-corrected chi connectivity index (χ1v) is 11.7. The van der Waals surface area contributed by atoms with Gasteiger partial charge in [-0.05, 0) is 78.3 Å². The summed E-state index contributed by atoms with van der Waals surface area (Å²) in [5, 5.41) is 7.25. The number of hydrogen-bond acceptors (Lipinski definition) is 5. The van der Waals surface area contributed by atoms with Crippen molar-refractivity contribution in [3.05, 3.63) is 56.1 Å². The average molecular weight is 572 g/mol. The molecule has 1 unspecified atom stereocenters. The van der Waals surface area contributed by atoms with E-state index in [4.69, 9.17) is 21.1 Å². The Morgan fingerprint density at radius 2 is 1.88 bits per heavy atom. The van der Waals surface area contributed by atoms with E-state index >= 15 is 0 Å². The fourth-order valence-electron chi connectivity index (χ4n) is 2.84. The number of carbonyl (C=O) groups excluding carboxylic acids is 2. The molecule has 0 radical (unpaired) electrons. The molecule has 0 aromatic heterocycles. The number of nitrogens with one attached hydrogen (secondary N) is 2. The van der Waals surface area contributed by atoms with E-state index in [-0.39, 0.29) is 11.8 Å². The second kappa shape index (κ2) is 12.6. The smallest absolute Gasteiger partial charge is 0.262 e. The van der Waals surface area contributed by atoms with Crippen LogP contribution < -0.4 is 20.2 Å². The van der Waals surface area contributed by atoms with Crippen LogP contribution in [0.4, 0.5) is 0 Å². The minimum atomic E-state index is -0.766. The Labute approximate surface area is 207 Å². The first kappa shape index (κ1) is 25.9. The second-order valence-electron chi connectivity index (χ2n) is 7.14. The number of ether oxygens (including phenoxy) is 2. The predicted octanol–water partition coefficient (Wildman–Crippen LogP) is 4.65. The Kier molecular flexibility index (Phi) is 10.2. The van der Waals surface area contributed by atoms with Crippen molar-refractivity contribution in [3.63, 3.8) is 0 Å². The van der Waals surface area contributed by atoms with E-state index in [0.717, 1.165) is 9.13 Å². The first-order chi connectivity index (χ1) is 15.3. The van der Waals surface area contributed by atoms with Crippen LogP contribution in [-0.4, -0.2) is 37.3 Å². The van der Waals surface area contributed by atoms with Crippen molar-refractivity contribution in [3.8, 4) is 11.5 Å². The van der Waals surface area contributed by atoms with Crippen LogP contribution in [0.5, 0.6) is 11.5 Å². The van der Waals surface area contributed by atoms with Crippen LogP contribution in [0.25, 0.3) is 0 Å². The highest BCUT2D eigenvalue weighted by molar-refractivity contribution is 14.1. The van der Waals surface area contributed by atoms with E-state index < -0.39 is 11.9 Å². The molecule has 2 rings (SSSR count). The number of rotatable bonds is 10. The van der Waals surface area contributed by atoms with Crippen LogP contribution in [0.2, 0.25) is 5.02 Å². The monoisotopic (exact) mass is 571 g/mol. The van der Waals surface area contributed by atoms with Crippen LogP contribution in [0.15, 0.2) is 41.5 Å². The normalized spacial score (nSPS) is 12.0. The molecule has 0 aliphatic rings. The van der Waals surface area contributed by atoms with E-state index in [2.05, 4.69) is 38.4 Å². The fraction of sp³-hybridized carbons (Fsp3) is 0.348. The summed E-state index contributed by atoms with van der Waals surface area (Å²) in [4.78, 5) is 25.2. The number of amides is 2. The van der Waals surface area contributed by atoms with Gasteiger partial charge in [0, 0.05) is 10.6 Å². The van der Waals surface area contributed by atoms with Gasteiger partial charge in [0.05, 0.1) is 23.0 Å². The maximum absolute atomic E-state index is 12.7. The molecule has 172 valence electrons. The quantitative estimate of drug-likeness (QED) is 0.247. The van der Waals surface area contributed by atoms with Gasteiger partial charge < -0.3 is 14.8 Å². The average Bonchev–Trinajstić information content (AvgIpc) is 2.74. The van der Waals surface area contributed by atoms with Gasteiger partial charge in [-0.15, -0.1) is 0 Å². The van der Waals surface area contributed by atoms with Gasteiger partial charge in [-0.1, -0.05) is 31.5 Å². The molecular weight excluding hydrogens is 545 g/mol. The van der Waals surface area contributed by atoms with Crippen molar-refractivity contribution in [2.75, 3.05) is 13.2 Å². The molecule has 0 saturated carbocycles. The zero-order valence-electron chi connectivity index (χ0n) is 18.4. The van der Waals surface area contributed by atoms with E-state index in [0.29, 0.717) is 35.3 Å². The van der Waals surface area contributed by atoms with Crippen LogP contribution in [0.3, 0.4) is 0 Å². The molecule has 7 nitrogen and oxygen atoms in total. The molecule has 1 atom stereocenters. The van der Waals surface area contributed by atoms with Crippen molar-refractivity contribution in [2.24, 2.45) is 11.0 Å². The zero-order valence-corrected chi connectivity index (χ0v) is 21.4. The van der Waals surface area contributed by atoms with E-state index in [1.54, 1.807) is 30.3 Å². The Balaban J connectivity index is 2.10. The summed E-state index contributed by atoms with van der Waals surface area (Å²) >= 11 is 8.12. The number of benzene rings is 2. The molecule has 2 amide bonds. The molecule has 2 aromatic carbocycles. The SMILES string of the molecule is CCOc1cc(C=NNC(=O)C(NC(=O)c2cccc(Cl)c2)C(C)C)cc(I)c1OCC. The summed E-state index contributed by atoms with van der Waals surface area (Å²) < 4.78 is 12.2. The molecular formula is C23H27ClIN3O4. The molecule has 0 heterocycles. The van der Waals surface area contributed by atoms with Crippen LogP contribution in [0, 0.1) is 9.49 Å². The third-order valence-corrected chi connectivity index (χ3v) is 5.37. The van der Waals surface area contributed by atoms with E-state index in [1.165, 1.54) is 6.21 Å². The summed E-state index contributed by atoms with van der Waals surface area (Å²) in [6.07, 6.45) is 1.52. The summed E-state index contributed by atoms with van der Waals surface area (Å²) in [5.74, 6) is 0.344. The lowest BCUT2D eigenvalue weighted by atomic mass is 10.0. The summed E-state index contributed by atoms with van der Waals surface area (Å²) in [7, 11) is 0. The third-order valence-electron chi connectivity index (χ3n) is 4.33. The standard InChI is InChI=1S/C23H27ClIN3O4/c1-5-31-19-11-15(10-18(25)21(19)32-6-2)13-26-28-23(30)20(14(3)4)27-22(29)16-8-7-9-17(24)12-16/h7-14,20H,5-6H2,1-4H3,(H,27,29)(H,28,30). The number of hydrazone groups is 1. The number of halogens is 2. The van der Waals surface area contributed by atoms with Crippen LogP contribution >= 0.6 is 34.2 Å². The Bertz CT molecular complexity index is 982. The first-order valence-electron chi connectivity index (χ1n) is 10.2. The Morgan fingerprint density at radius 3 is 2.50 bits per heavy atom. The lowest BCUT2D eigenvalue weighted by molar-refractivity contribution is -0.123. The maximum Gasteiger partial charge on any atom is 0.262 e. The minimum absolute atomic E-state index is 0.149. The van der Waals surface area contributed by atoms with Crippen molar-refractivity contribution in [1.29, 1.82) is 0 Å². The highest BCUT2D eigenvalue weighted by Crippen LogP contribution is 2.33. The highest BCUT2D eigenvalue weighted by Gasteiger charge is 2.24. The minimum Gasteiger partial charge on any atom is -0.490 e. The molecule has 0 aliphatic carbocycles. The topological polar surface area (TPSA) is 89.0 Å². The summed E-state index contributed by atoms with van der Waals surface area (Å²) in [6, 6.07) is 9.46. The lowest BCUT2D eigenvalue weighted by Gasteiger charge is -2.20. The summed E-state index contributed by atoms with van der Waals surface area (Å²) in [5.41, 5.74) is 3.63. The Hall–Kier alpha value is -2.33. The molecule has 2 aromatic rings. The third kappa shape index (κ3) is 7.37. The van der Waals surface area contributed by atoms with Gasteiger partial charge in [-0.2, -0.15) is 5.10 Å². The molecule has 0 spiro atoms. The maximum atomic E-state index is 12.7. The summed E-state index contributed by atoms with van der Waals surface area (Å²) in [6.45, 7) is 8.51. The van der Waals surface area contributed by atoms with Gasteiger partial charge in [0.15, 0.2) is 11.5 Å². The van der Waals surface area contributed by atoms with Gasteiger partial charge in [0.25, 0.3) is 11.8 Å². The largest absolute Gasteiger partial charge is 0.490 e.